The third kappa shape index (κ3) is 2.58. The van der Waals surface area contributed by atoms with E-state index in [-0.39, 0.29) is 0 Å². The van der Waals surface area contributed by atoms with E-state index in [9.17, 15) is 0 Å². The Morgan fingerprint density at radius 1 is 0.773 bits per heavy atom. The Balaban J connectivity index is 1.90. The normalized spacial score (nSPS) is 25.2. The van der Waals surface area contributed by atoms with Gasteiger partial charge in [-0.3, -0.25) is 0 Å². The van der Waals surface area contributed by atoms with Crippen molar-refractivity contribution in [3.63, 3.8) is 0 Å². The highest BCUT2D eigenvalue weighted by Gasteiger charge is 2.49. The Kier molecular flexibility index (Phi) is 3.53. The maximum atomic E-state index is 5.62. The summed E-state index contributed by atoms with van der Waals surface area (Å²) in [5.74, 6) is 2.01. The summed E-state index contributed by atoms with van der Waals surface area (Å²) in [6.07, 6.45) is 0.684. The maximum absolute atomic E-state index is 5.62. The van der Waals surface area contributed by atoms with E-state index in [4.69, 9.17) is 21.1 Å². The van der Waals surface area contributed by atoms with Gasteiger partial charge in [0.2, 0.25) is 0 Å². The average Bonchev–Trinajstić information content (AvgIpc) is 3.48. The van der Waals surface area contributed by atoms with Gasteiger partial charge in [0.1, 0.15) is 0 Å². The molecule has 2 heterocycles. The monoisotopic (exact) mass is 334 g/mol. The lowest BCUT2D eigenvalue weighted by molar-refractivity contribution is 0.420. The van der Waals surface area contributed by atoms with Gasteiger partial charge in [0.15, 0.2) is 0 Å². The van der Waals surface area contributed by atoms with Crippen molar-refractivity contribution in [3.8, 4) is 0 Å². The Morgan fingerprint density at radius 2 is 1.14 bits per heavy atom. The van der Waals surface area contributed by atoms with E-state index in [0.29, 0.717) is 12.2 Å². The third-order valence-electron chi connectivity index (χ3n) is 4.73. The van der Waals surface area contributed by atoms with Crippen LogP contribution in [0.5, 0.6) is 0 Å². The molecule has 0 amide bonds. The fraction of sp³-hybridized carbons (Fsp3) is 0.333. The highest BCUT2D eigenvalue weighted by Crippen LogP contribution is 2.85. The molecule has 2 nitrogen and oxygen atoms in total. The Morgan fingerprint density at radius 3 is 1.45 bits per heavy atom. The molecule has 0 aromatic heterocycles. The standard InChI is InChI=1S/C18H22O2S2/c21-22(13-15-11-19-15,14-16-12-20-16,17-7-3-1-4-8-17)18-9-5-2-6-10-18/h1-10,15-16,21-22H,11-14H2. The Labute approximate surface area is 136 Å². The summed E-state index contributed by atoms with van der Waals surface area (Å²) >= 11 is 5.52. The Hall–Kier alpha value is -0.940. The molecule has 0 saturated carbocycles. The number of hydrogen-bond donors (Lipinski definition) is 2. The largest absolute Gasteiger partial charge is 0.372 e. The van der Waals surface area contributed by atoms with Gasteiger partial charge in [0.05, 0.1) is 25.4 Å². The Bertz CT molecular complexity index is 594. The van der Waals surface area contributed by atoms with Gasteiger partial charge in [0, 0.05) is 11.5 Å². The smallest absolute Gasteiger partial charge is 0.0883 e. The number of thiol groups is 2. The summed E-state index contributed by atoms with van der Waals surface area (Å²) in [7, 11) is -2.61. The van der Waals surface area contributed by atoms with Gasteiger partial charge < -0.3 is 9.47 Å². The van der Waals surface area contributed by atoms with Gasteiger partial charge in [-0.1, -0.05) is 60.7 Å². The summed E-state index contributed by atoms with van der Waals surface area (Å²) in [5.41, 5.74) is 0. The molecule has 118 valence electrons. The van der Waals surface area contributed by atoms with Gasteiger partial charge in [-0.25, -0.2) is 8.19 Å². The molecule has 2 fully saturated rings. The van der Waals surface area contributed by atoms with Crippen LogP contribution in [0.15, 0.2) is 70.5 Å². The van der Waals surface area contributed by atoms with Crippen molar-refractivity contribution < 1.29 is 9.47 Å². The highest BCUT2D eigenvalue weighted by molar-refractivity contribution is 8.98. The van der Waals surface area contributed by atoms with E-state index in [0.717, 1.165) is 24.7 Å². The predicted octanol–water partition coefficient (Wildman–Crippen LogP) is 3.82. The van der Waals surface area contributed by atoms with Gasteiger partial charge in [-0.05, 0) is 9.79 Å². The van der Waals surface area contributed by atoms with E-state index in [1.54, 1.807) is 0 Å². The summed E-state index contributed by atoms with van der Waals surface area (Å²) in [6, 6.07) is 21.6. The van der Waals surface area contributed by atoms with Gasteiger partial charge in [-0.15, -0.1) is 11.7 Å². The second kappa shape index (κ2) is 5.31. The SMILES string of the molecule is S[SH](CC1CO1)(CC1CO1)(c1ccccc1)c1ccccc1. The number of benzene rings is 2. The van der Waals surface area contributed by atoms with E-state index < -0.39 is 8.19 Å². The molecule has 2 aliphatic rings. The summed E-state index contributed by atoms with van der Waals surface area (Å²) in [4.78, 5) is 2.71. The zero-order chi connectivity index (χ0) is 15.1. The maximum Gasteiger partial charge on any atom is 0.0883 e. The minimum atomic E-state index is -2.61. The first-order valence-electron chi connectivity index (χ1n) is 7.78. The molecule has 2 saturated heterocycles. The number of epoxide rings is 2. The fourth-order valence-corrected chi connectivity index (χ4v) is 10.5. The third-order valence-corrected chi connectivity index (χ3v) is 12.5. The second-order valence-electron chi connectivity index (χ2n) is 6.40. The predicted molar refractivity (Wildman–Crippen MR) is 96.6 cm³/mol. The van der Waals surface area contributed by atoms with Crippen LogP contribution in [0.3, 0.4) is 0 Å². The molecule has 22 heavy (non-hydrogen) atoms. The molecule has 2 unspecified atom stereocenters. The quantitative estimate of drug-likeness (QED) is 0.477. The highest BCUT2D eigenvalue weighted by atomic mass is 33.2. The minimum Gasteiger partial charge on any atom is -0.372 e. The molecule has 0 N–H and O–H groups in total. The van der Waals surface area contributed by atoms with Crippen molar-refractivity contribution >= 4 is 19.9 Å². The molecule has 2 aliphatic heterocycles. The van der Waals surface area contributed by atoms with Crippen molar-refractivity contribution in [2.45, 2.75) is 22.0 Å². The van der Waals surface area contributed by atoms with E-state index in [1.165, 1.54) is 9.79 Å². The molecule has 0 bridgehead atoms. The van der Waals surface area contributed by atoms with Crippen molar-refractivity contribution in [2.75, 3.05) is 24.7 Å². The van der Waals surface area contributed by atoms with Crippen LogP contribution >= 0.6 is 19.9 Å². The zero-order valence-corrected chi connectivity index (χ0v) is 14.3. The fourth-order valence-electron chi connectivity index (χ4n) is 3.43. The van der Waals surface area contributed by atoms with Crippen molar-refractivity contribution in [1.82, 2.24) is 0 Å². The first kappa shape index (κ1) is 14.6. The molecule has 0 spiro atoms. The lowest BCUT2D eigenvalue weighted by Crippen LogP contribution is -2.27. The van der Waals surface area contributed by atoms with Crippen LogP contribution in [0.2, 0.25) is 0 Å². The summed E-state index contributed by atoms with van der Waals surface area (Å²) in [6.45, 7) is 1.73. The topological polar surface area (TPSA) is 25.1 Å². The molecule has 2 aromatic rings. The van der Waals surface area contributed by atoms with Crippen LogP contribution in [0.25, 0.3) is 0 Å². The zero-order valence-electron chi connectivity index (χ0n) is 12.5. The molecule has 4 rings (SSSR count). The van der Waals surface area contributed by atoms with Crippen LogP contribution in [0.1, 0.15) is 0 Å². The minimum absolute atomic E-state index is 0.342. The average molecular weight is 335 g/mol. The first-order chi connectivity index (χ1) is 10.7. The van der Waals surface area contributed by atoms with Gasteiger partial charge >= 0.3 is 0 Å². The van der Waals surface area contributed by atoms with E-state index >= 15 is 0 Å². The summed E-state index contributed by atoms with van der Waals surface area (Å²) in [5, 5.41) is 0. The van der Waals surface area contributed by atoms with Crippen LogP contribution in [0, 0.1) is 0 Å². The molecule has 0 radical (unpaired) electrons. The number of rotatable bonds is 6. The second-order valence-corrected chi connectivity index (χ2v) is 14.0. The molecule has 4 heteroatoms. The molecular formula is C18H22O2S2. The number of ether oxygens (including phenoxy) is 2. The molecule has 2 aromatic carbocycles. The molecule has 0 aliphatic carbocycles. The number of hydrogen-bond acceptors (Lipinski definition) is 3. The van der Waals surface area contributed by atoms with Crippen LogP contribution in [0.4, 0.5) is 0 Å². The van der Waals surface area contributed by atoms with Crippen molar-refractivity contribution in [1.29, 1.82) is 0 Å². The first-order valence-corrected chi connectivity index (χ1v) is 11.5. The molecule has 2 atom stereocenters. The van der Waals surface area contributed by atoms with Crippen molar-refractivity contribution in [3.05, 3.63) is 60.7 Å². The van der Waals surface area contributed by atoms with Crippen LogP contribution < -0.4 is 0 Å². The van der Waals surface area contributed by atoms with Crippen LogP contribution in [-0.4, -0.2) is 36.9 Å². The lowest BCUT2D eigenvalue weighted by atomic mass is 10.4. The van der Waals surface area contributed by atoms with Gasteiger partial charge in [-0.2, -0.15) is 0 Å². The van der Waals surface area contributed by atoms with E-state index in [2.05, 4.69) is 60.7 Å². The van der Waals surface area contributed by atoms with Crippen molar-refractivity contribution in [2.24, 2.45) is 0 Å². The van der Waals surface area contributed by atoms with Crippen LogP contribution in [-0.2, 0) is 9.47 Å². The summed E-state index contributed by atoms with van der Waals surface area (Å²) < 4.78 is 11.2. The lowest BCUT2D eigenvalue weighted by Gasteiger charge is -2.58. The molecular weight excluding hydrogens is 312 g/mol. The van der Waals surface area contributed by atoms with Gasteiger partial charge in [0.25, 0.3) is 0 Å². The van der Waals surface area contributed by atoms with E-state index in [1.807, 2.05) is 0 Å².